The van der Waals surface area contributed by atoms with Crippen LogP contribution in [0.15, 0.2) is 47.4 Å². The summed E-state index contributed by atoms with van der Waals surface area (Å²) in [7, 11) is -0.251. The van der Waals surface area contributed by atoms with Crippen molar-refractivity contribution in [3.63, 3.8) is 0 Å². The molecular weight excluding hydrogens is 421 g/mol. The second-order valence-electron chi connectivity index (χ2n) is 8.45. The number of rotatable bonds is 4. The van der Waals surface area contributed by atoms with E-state index < -0.39 is 21.3 Å². The number of hydrogen-bond acceptors (Lipinski definition) is 5. The zero-order valence-corrected chi connectivity index (χ0v) is 18.1. The number of nitrogens with one attached hydrogen (secondary N) is 1. The molecule has 9 heteroatoms. The predicted octanol–water partition coefficient (Wildman–Crippen LogP) is 2.24. The van der Waals surface area contributed by atoms with E-state index in [-0.39, 0.29) is 17.5 Å². The number of hydrogen-bond donors (Lipinski definition) is 2. The molecule has 0 unspecified atom stereocenters. The average molecular weight is 446 g/mol. The Labute approximate surface area is 180 Å². The highest BCUT2D eigenvalue weighted by Gasteiger charge is 2.55. The van der Waals surface area contributed by atoms with Gasteiger partial charge in [-0.15, -0.1) is 0 Å². The standard InChI is InChI=1S/C22H24FN3O4S/c1-25-11-22(12-26(13-22)31(28,29)16-5-3-4-14(23)8-16)20-17-7-6-15(30-2)9-18(17)24-21(20)19(25)10-27/h3-9,19,24,27H,10-13H2,1-2H3/t19-/m0/s1. The number of likely N-dealkylation sites (N-methyl/N-ethyl adjacent to an activating group) is 1. The van der Waals surface area contributed by atoms with Gasteiger partial charge >= 0.3 is 0 Å². The van der Waals surface area contributed by atoms with Crippen LogP contribution in [0.5, 0.6) is 5.75 Å². The van der Waals surface area contributed by atoms with Crippen LogP contribution in [0.2, 0.25) is 0 Å². The van der Waals surface area contributed by atoms with Gasteiger partial charge < -0.3 is 14.8 Å². The molecule has 0 saturated carbocycles. The van der Waals surface area contributed by atoms with Crippen molar-refractivity contribution in [2.45, 2.75) is 16.4 Å². The minimum atomic E-state index is -3.79. The first kappa shape index (κ1) is 20.4. The number of aliphatic hydroxyl groups is 1. The summed E-state index contributed by atoms with van der Waals surface area (Å²) in [5.41, 5.74) is 2.43. The Bertz CT molecular complexity index is 1270. The fourth-order valence-electron chi connectivity index (χ4n) is 5.10. The molecule has 2 aliphatic heterocycles. The molecule has 3 aromatic rings. The second-order valence-corrected chi connectivity index (χ2v) is 10.4. The smallest absolute Gasteiger partial charge is 0.243 e. The molecule has 31 heavy (non-hydrogen) atoms. The molecule has 164 valence electrons. The number of methoxy groups -OCH3 is 1. The van der Waals surface area contributed by atoms with Crippen molar-refractivity contribution in [1.82, 2.24) is 14.2 Å². The fraction of sp³-hybridized carbons (Fsp3) is 0.364. The monoisotopic (exact) mass is 445 g/mol. The highest BCUT2D eigenvalue weighted by atomic mass is 32.2. The van der Waals surface area contributed by atoms with Gasteiger partial charge in [-0.05, 0) is 42.9 Å². The molecule has 2 aromatic carbocycles. The maximum Gasteiger partial charge on any atom is 0.243 e. The maximum absolute atomic E-state index is 13.6. The number of sulfonamides is 1. The van der Waals surface area contributed by atoms with Crippen molar-refractivity contribution in [2.75, 3.05) is 40.4 Å². The largest absolute Gasteiger partial charge is 0.497 e. The lowest BCUT2D eigenvalue weighted by Crippen LogP contribution is -2.67. The van der Waals surface area contributed by atoms with E-state index in [1.54, 1.807) is 7.11 Å². The Kier molecular flexibility index (Phi) is 4.63. The molecule has 3 heterocycles. The summed E-state index contributed by atoms with van der Waals surface area (Å²) < 4.78 is 46.5. The van der Waals surface area contributed by atoms with Crippen LogP contribution in [0.1, 0.15) is 17.3 Å². The molecule has 0 radical (unpaired) electrons. The Morgan fingerprint density at radius 1 is 1.23 bits per heavy atom. The molecule has 1 saturated heterocycles. The molecule has 1 spiro atoms. The molecule has 7 nitrogen and oxygen atoms in total. The molecular formula is C22H24FN3O4S. The van der Waals surface area contributed by atoms with Crippen LogP contribution >= 0.6 is 0 Å². The summed E-state index contributed by atoms with van der Waals surface area (Å²) in [6.07, 6.45) is 0. The maximum atomic E-state index is 13.6. The highest BCUT2D eigenvalue weighted by Crippen LogP contribution is 2.49. The van der Waals surface area contributed by atoms with Crippen LogP contribution in [0.3, 0.4) is 0 Å². The predicted molar refractivity (Wildman–Crippen MR) is 114 cm³/mol. The zero-order chi connectivity index (χ0) is 22.0. The van der Waals surface area contributed by atoms with Gasteiger partial charge in [-0.2, -0.15) is 4.31 Å². The van der Waals surface area contributed by atoms with E-state index in [0.29, 0.717) is 19.6 Å². The minimum absolute atomic E-state index is 0.0383. The van der Waals surface area contributed by atoms with Gasteiger partial charge in [0.1, 0.15) is 11.6 Å². The van der Waals surface area contributed by atoms with Gasteiger partial charge in [0.2, 0.25) is 10.0 Å². The SMILES string of the molecule is COc1ccc2c3c([nH]c2c1)[C@H](CO)N(C)CC31CN(S(=O)(=O)c2cccc(F)c2)C1. The van der Waals surface area contributed by atoms with Gasteiger partial charge in [0.15, 0.2) is 0 Å². The summed E-state index contributed by atoms with van der Waals surface area (Å²) in [5, 5.41) is 11.0. The van der Waals surface area contributed by atoms with Crippen LogP contribution in [0, 0.1) is 5.82 Å². The van der Waals surface area contributed by atoms with E-state index in [1.165, 1.54) is 22.5 Å². The van der Waals surface area contributed by atoms with E-state index in [4.69, 9.17) is 4.74 Å². The third-order valence-corrected chi connectivity index (χ3v) is 8.33. The lowest BCUT2D eigenvalue weighted by molar-refractivity contribution is 0.0467. The third-order valence-electron chi connectivity index (χ3n) is 6.55. The van der Waals surface area contributed by atoms with Crippen LogP contribution in [0.25, 0.3) is 10.9 Å². The zero-order valence-electron chi connectivity index (χ0n) is 17.3. The number of ether oxygens (including phenoxy) is 1. The van der Waals surface area contributed by atoms with Crippen LogP contribution in [-0.2, 0) is 15.4 Å². The number of aromatic nitrogens is 1. The van der Waals surface area contributed by atoms with Gasteiger partial charge in [-0.25, -0.2) is 12.8 Å². The highest BCUT2D eigenvalue weighted by molar-refractivity contribution is 7.89. The molecule has 1 fully saturated rings. The summed E-state index contributed by atoms with van der Waals surface area (Å²) in [6, 6.07) is 10.7. The topological polar surface area (TPSA) is 85.9 Å². The first-order valence-electron chi connectivity index (χ1n) is 10.1. The number of H-pyrrole nitrogens is 1. The van der Waals surface area contributed by atoms with Crippen LogP contribution in [0.4, 0.5) is 4.39 Å². The number of aromatic amines is 1. The van der Waals surface area contributed by atoms with E-state index in [9.17, 15) is 17.9 Å². The molecule has 2 aliphatic rings. The normalized spacial score (nSPS) is 21.2. The molecule has 2 N–H and O–H groups in total. The summed E-state index contributed by atoms with van der Waals surface area (Å²) in [5.74, 6) is 0.144. The molecule has 0 aliphatic carbocycles. The second kappa shape index (κ2) is 7.03. The number of benzene rings is 2. The van der Waals surface area contributed by atoms with Crippen molar-refractivity contribution >= 4 is 20.9 Å². The fourth-order valence-corrected chi connectivity index (χ4v) is 6.74. The lowest BCUT2D eigenvalue weighted by atomic mass is 9.70. The van der Waals surface area contributed by atoms with Gasteiger partial charge in [0, 0.05) is 47.7 Å². The van der Waals surface area contributed by atoms with Crippen LogP contribution < -0.4 is 4.74 Å². The molecule has 5 rings (SSSR count). The van der Waals surface area contributed by atoms with Gasteiger partial charge in [-0.1, -0.05) is 6.07 Å². The van der Waals surface area contributed by atoms with E-state index in [2.05, 4.69) is 9.88 Å². The minimum Gasteiger partial charge on any atom is -0.497 e. The quantitative estimate of drug-likeness (QED) is 0.643. The third kappa shape index (κ3) is 2.99. The van der Waals surface area contributed by atoms with E-state index in [1.807, 2.05) is 25.2 Å². The summed E-state index contributed by atoms with van der Waals surface area (Å²) >= 11 is 0. The van der Waals surface area contributed by atoms with Crippen molar-refractivity contribution in [2.24, 2.45) is 0 Å². The lowest BCUT2D eigenvalue weighted by Gasteiger charge is -2.54. The number of aliphatic hydroxyl groups excluding tert-OH is 1. The number of fused-ring (bicyclic) bond motifs is 4. The van der Waals surface area contributed by atoms with Crippen molar-refractivity contribution < 1.29 is 22.7 Å². The molecule has 1 atom stereocenters. The molecule has 1 aromatic heterocycles. The Morgan fingerprint density at radius 2 is 2.00 bits per heavy atom. The molecule has 0 bridgehead atoms. The van der Waals surface area contributed by atoms with Crippen LogP contribution in [-0.4, -0.2) is 68.1 Å². The Hall–Kier alpha value is -2.46. The van der Waals surface area contributed by atoms with Crippen molar-refractivity contribution in [3.05, 3.63) is 59.5 Å². The summed E-state index contributed by atoms with van der Waals surface area (Å²) in [4.78, 5) is 5.46. The summed E-state index contributed by atoms with van der Waals surface area (Å²) in [6.45, 7) is 1.15. The van der Waals surface area contributed by atoms with E-state index >= 15 is 0 Å². The number of halogens is 1. The van der Waals surface area contributed by atoms with E-state index in [0.717, 1.165) is 34.0 Å². The van der Waals surface area contributed by atoms with Crippen molar-refractivity contribution in [1.29, 1.82) is 0 Å². The Morgan fingerprint density at radius 3 is 2.68 bits per heavy atom. The Balaban J connectivity index is 1.57. The van der Waals surface area contributed by atoms with Gasteiger partial charge in [0.25, 0.3) is 0 Å². The van der Waals surface area contributed by atoms with Gasteiger partial charge in [0.05, 0.1) is 24.7 Å². The number of nitrogens with zero attached hydrogens (tertiary/aromatic N) is 2. The molecule has 0 amide bonds. The first-order chi connectivity index (χ1) is 14.8. The van der Waals surface area contributed by atoms with Crippen molar-refractivity contribution in [3.8, 4) is 5.75 Å². The first-order valence-corrected chi connectivity index (χ1v) is 11.5. The van der Waals surface area contributed by atoms with Gasteiger partial charge in [-0.3, -0.25) is 4.90 Å². The average Bonchev–Trinajstić information content (AvgIpc) is 3.10.